The molecule has 0 spiro atoms. The van der Waals surface area contributed by atoms with Gasteiger partial charge in [-0.3, -0.25) is 4.79 Å². The number of hydrogen-bond acceptors (Lipinski definition) is 3. The third kappa shape index (κ3) is 3.37. The lowest BCUT2D eigenvalue weighted by molar-refractivity contribution is -0.147. The maximum Gasteiger partial charge on any atom is 0.183 e. The highest BCUT2D eigenvalue weighted by molar-refractivity contribution is 5.92. The molecule has 3 nitrogen and oxygen atoms in total. The fraction of sp³-hybridized carbons (Fsp3) is 0.571. The van der Waals surface area contributed by atoms with Gasteiger partial charge in [0.05, 0.1) is 0 Å². The van der Waals surface area contributed by atoms with Gasteiger partial charge in [0.15, 0.2) is 12.1 Å². The summed E-state index contributed by atoms with van der Waals surface area (Å²) in [5.41, 5.74) is 0. The van der Waals surface area contributed by atoms with Crippen LogP contribution >= 0.6 is 0 Å². The smallest absolute Gasteiger partial charge is 0.183 e. The number of carbonyl (C=O) groups excluding carboxylic acids is 1. The Morgan fingerprint density at radius 2 is 2.20 bits per heavy atom. The molecule has 0 fully saturated rings. The lowest BCUT2D eigenvalue weighted by Crippen LogP contribution is -2.23. The quantitative estimate of drug-likeness (QED) is 0.461. The standard InChI is InChI=1S/C7H12O3/c1-4-7(9)5(2)10-6(3)8/h4-6,8H,1H2,2-3H3. The van der Waals surface area contributed by atoms with Crippen LogP contribution < -0.4 is 0 Å². The van der Waals surface area contributed by atoms with Crippen molar-refractivity contribution >= 4 is 5.78 Å². The molecule has 0 heterocycles. The maximum absolute atomic E-state index is 10.7. The van der Waals surface area contributed by atoms with Crippen molar-refractivity contribution in [2.75, 3.05) is 0 Å². The first-order valence-electron chi connectivity index (χ1n) is 3.07. The van der Waals surface area contributed by atoms with Gasteiger partial charge in [-0.25, -0.2) is 0 Å². The fourth-order valence-corrected chi connectivity index (χ4v) is 0.528. The minimum Gasteiger partial charge on any atom is -0.368 e. The van der Waals surface area contributed by atoms with Crippen LogP contribution in [-0.4, -0.2) is 23.3 Å². The van der Waals surface area contributed by atoms with Crippen molar-refractivity contribution in [1.29, 1.82) is 0 Å². The fourth-order valence-electron chi connectivity index (χ4n) is 0.528. The molecule has 2 atom stereocenters. The van der Waals surface area contributed by atoms with Crippen molar-refractivity contribution in [2.45, 2.75) is 26.2 Å². The second-order valence-corrected chi connectivity index (χ2v) is 1.98. The van der Waals surface area contributed by atoms with E-state index in [9.17, 15) is 4.79 Å². The topological polar surface area (TPSA) is 46.5 Å². The Morgan fingerprint density at radius 1 is 1.70 bits per heavy atom. The monoisotopic (exact) mass is 144 g/mol. The van der Waals surface area contributed by atoms with E-state index in [1.807, 2.05) is 0 Å². The molecule has 58 valence electrons. The normalized spacial score (nSPS) is 15.9. The first kappa shape index (κ1) is 9.33. The zero-order chi connectivity index (χ0) is 8.15. The predicted molar refractivity (Wildman–Crippen MR) is 37.4 cm³/mol. The average Bonchev–Trinajstić information content (AvgIpc) is 1.85. The van der Waals surface area contributed by atoms with Gasteiger partial charge in [-0.2, -0.15) is 0 Å². The lowest BCUT2D eigenvalue weighted by atomic mass is 10.2. The van der Waals surface area contributed by atoms with Gasteiger partial charge < -0.3 is 9.84 Å². The maximum atomic E-state index is 10.7. The predicted octanol–water partition coefficient (Wildman–Crippen LogP) is 0.485. The molecule has 3 heteroatoms. The third-order valence-electron chi connectivity index (χ3n) is 1.00. The highest BCUT2D eigenvalue weighted by Gasteiger charge is 2.10. The van der Waals surface area contributed by atoms with Crippen molar-refractivity contribution < 1.29 is 14.6 Å². The highest BCUT2D eigenvalue weighted by atomic mass is 16.6. The van der Waals surface area contributed by atoms with Gasteiger partial charge in [-0.1, -0.05) is 6.58 Å². The molecular formula is C7H12O3. The Balaban J connectivity index is 3.72. The number of hydrogen-bond donors (Lipinski definition) is 1. The molecule has 0 aliphatic rings. The summed E-state index contributed by atoms with van der Waals surface area (Å²) in [5, 5.41) is 8.66. The van der Waals surface area contributed by atoms with Crippen LogP contribution in [0.5, 0.6) is 0 Å². The number of aliphatic hydroxyl groups excluding tert-OH is 1. The van der Waals surface area contributed by atoms with E-state index in [-0.39, 0.29) is 5.78 Å². The number of carbonyl (C=O) groups is 1. The van der Waals surface area contributed by atoms with Crippen LogP contribution in [0.25, 0.3) is 0 Å². The third-order valence-corrected chi connectivity index (χ3v) is 1.00. The number of ketones is 1. The van der Waals surface area contributed by atoms with Crippen molar-refractivity contribution in [1.82, 2.24) is 0 Å². The van der Waals surface area contributed by atoms with Gasteiger partial charge in [0.2, 0.25) is 0 Å². The SMILES string of the molecule is C=CC(=O)C(C)OC(C)O. The molecule has 0 bridgehead atoms. The van der Waals surface area contributed by atoms with Gasteiger partial charge >= 0.3 is 0 Å². The summed E-state index contributed by atoms with van der Waals surface area (Å²) in [6.07, 6.45) is -0.330. The van der Waals surface area contributed by atoms with Gasteiger partial charge in [-0.15, -0.1) is 0 Å². The van der Waals surface area contributed by atoms with Crippen LogP contribution in [0.4, 0.5) is 0 Å². The molecule has 0 aromatic carbocycles. The van der Waals surface area contributed by atoms with Gasteiger partial charge in [-0.05, 0) is 19.9 Å². The Kier molecular flexibility index (Phi) is 3.91. The van der Waals surface area contributed by atoms with E-state index in [1.54, 1.807) is 6.92 Å². The Bertz CT molecular complexity index is 129. The van der Waals surface area contributed by atoms with Crippen LogP contribution in [0.15, 0.2) is 12.7 Å². The highest BCUT2D eigenvalue weighted by Crippen LogP contribution is 1.96. The minimum atomic E-state index is -0.904. The van der Waals surface area contributed by atoms with E-state index in [0.29, 0.717) is 0 Å². The summed E-state index contributed by atoms with van der Waals surface area (Å²) < 4.78 is 4.74. The van der Waals surface area contributed by atoms with Crippen LogP contribution in [0.1, 0.15) is 13.8 Å². The first-order chi connectivity index (χ1) is 4.57. The second-order valence-electron chi connectivity index (χ2n) is 1.98. The number of ether oxygens (including phenoxy) is 1. The minimum absolute atomic E-state index is 0.221. The molecule has 0 radical (unpaired) electrons. The van der Waals surface area contributed by atoms with Crippen LogP contribution in [0.3, 0.4) is 0 Å². The molecule has 0 aromatic rings. The van der Waals surface area contributed by atoms with Crippen LogP contribution in [0.2, 0.25) is 0 Å². The summed E-state index contributed by atoms with van der Waals surface area (Å²) in [4.78, 5) is 10.7. The molecule has 0 aromatic heterocycles. The summed E-state index contributed by atoms with van der Waals surface area (Å²) in [6, 6.07) is 0. The van der Waals surface area contributed by atoms with Crippen molar-refractivity contribution in [3.63, 3.8) is 0 Å². The van der Waals surface area contributed by atoms with E-state index in [2.05, 4.69) is 6.58 Å². The molecule has 1 N–H and O–H groups in total. The number of aliphatic hydroxyl groups is 1. The average molecular weight is 144 g/mol. The molecule has 2 unspecified atom stereocenters. The Morgan fingerprint density at radius 3 is 2.50 bits per heavy atom. The van der Waals surface area contributed by atoms with Gasteiger partial charge in [0, 0.05) is 0 Å². The second kappa shape index (κ2) is 4.19. The van der Waals surface area contributed by atoms with E-state index < -0.39 is 12.4 Å². The number of rotatable bonds is 4. The largest absolute Gasteiger partial charge is 0.368 e. The summed E-state index contributed by atoms with van der Waals surface area (Å²) in [5.74, 6) is -0.221. The molecule has 0 amide bonds. The molecule has 0 rings (SSSR count). The summed E-state index contributed by atoms with van der Waals surface area (Å²) in [7, 11) is 0. The Hall–Kier alpha value is -0.670. The summed E-state index contributed by atoms with van der Waals surface area (Å²) in [6.45, 7) is 6.30. The van der Waals surface area contributed by atoms with Crippen molar-refractivity contribution in [2.24, 2.45) is 0 Å². The van der Waals surface area contributed by atoms with Crippen molar-refractivity contribution in [3.05, 3.63) is 12.7 Å². The summed E-state index contributed by atoms with van der Waals surface area (Å²) >= 11 is 0. The van der Waals surface area contributed by atoms with Crippen molar-refractivity contribution in [3.8, 4) is 0 Å². The van der Waals surface area contributed by atoms with Crippen LogP contribution in [-0.2, 0) is 9.53 Å². The van der Waals surface area contributed by atoms with E-state index in [0.717, 1.165) is 0 Å². The van der Waals surface area contributed by atoms with E-state index >= 15 is 0 Å². The van der Waals surface area contributed by atoms with Crippen LogP contribution in [0, 0.1) is 0 Å². The zero-order valence-corrected chi connectivity index (χ0v) is 6.20. The molecule has 0 aliphatic carbocycles. The first-order valence-corrected chi connectivity index (χ1v) is 3.07. The van der Waals surface area contributed by atoms with E-state index in [4.69, 9.17) is 9.84 Å². The molecule has 0 aliphatic heterocycles. The Labute approximate surface area is 60.3 Å². The molecule has 0 saturated carbocycles. The molecule has 0 saturated heterocycles. The van der Waals surface area contributed by atoms with E-state index in [1.165, 1.54) is 13.0 Å². The van der Waals surface area contributed by atoms with Gasteiger partial charge in [0.1, 0.15) is 6.10 Å². The lowest BCUT2D eigenvalue weighted by Gasteiger charge is -2.11. The zero-order valence-electron chi connectivity index (χ0n) is 6.20. The van der Waals surface area contributed by atoms with Gasteiger partial charge in [0.25, 0.3) is 0 Å². The molecular weight excluding hydrogens is 132 g/mol. The molecule has 10 heavy (non-hydrogen) atoms.